The number of carbonyl (C=O) groups excluding carboxylic acids is 1. The van der Waals surface area contributed by atoms with Crippen LogP contribution in [0.4, 0.5) is 0 Å². The number of rotatable bonds is 1. The molecule has 1 atom stereocenters. The summed E-state index contributed by atoms with van der Waals surface area (Å²) in [7, 11) is 0. The van der Waals surface area contributed by atoms with E-state index >= 15 is 0 Å². The molecule has 0 saturated heterocycles. The van der Waals surface area contributed by atoms with Crippen molar-refractivity contribution in [2.75, 3.05) is 0 Å². The van der Waals surface area contributed by atoms with Crippen LogP contribution in [0, 0.1) is 5.92 Å². The fourth-order valence-corrected chi connectivity index (χ4v) is 2.00. The van der Waals surface area contributed by atoms with E-state index in [0.717, 1.165) is 5.56 Å². The normalized spacial score (nSPS) is 19.8. The first-order chi connectivity index (χ1) is 7.08. The van der Waals surface area contributed by atoms with Crippen molar-refractivity contribution < 1.29 is 14.7 Å². The van der Waals surface area contributed by atoms with E-state index in [4.69, 9.17) is 16.7 Å². The number of halogens is 1. The molecular weight excluding hydrogens is 216 g/mol. The highest BCUT2D eigenvalue weighted by atomic mass is 35.5. The average molecular weight is 225 g/mol. The average Bonchev–Trinajstić information content (AvgIpc) is 2.18. The molecule has 0 saturated carbocycles. The summed E-state index contributed by atoms with van der Waals surface area (Å²) in [5.41, 5.74) is 1.35. The molecule has 1 N–H and O–H groups in total. The van der Waals surface area contributed by atoms with E-state index in [1.807, 2.05) is 0 Å². The minimum atomic E-state index is -0.913. The standard InChI is InChI=1S/C11H9ClO3/c12-8-2-1-6-3-7(11(14)15)4-10(13)9(6)5-8/h1-2,5,7H,3-4H2,(H,14,15). The maximum atomic E-state index is 11.6. The molecule has 78 valence electrons. The molecule has 3 nitrogen and oxygen atoms in total. The van der Waals surface area contributed by atoms with Gasteiger partial charge in [-0.2, -0.15) is 0 Å². The lowest BCUT2D eigenvalue weighted by molar-refractivity contribution is -0.141. The summed E-state index contributed by atoms with van der Waals surface area (Å²) < 4.78 is 0. The van der Waals surface area contributed by atoms with Crippen molar-refractivity contribution in [3.63, 3.8) is 0 Å². The Labute approximate surface area is 91.7 Å². The predicted molar refractivity (Wildman–Crippen MR) is 55.2 cm³/mol. The van der Waals surface area contributed by atoms with Crippen LogP contribution in [0.2, 0.25) is 5.02 Å². The quantitative estimate of drug-likeness (QED) is 0.796. The van der Waals surface area contributed by atoms with Gasteiger partial charge in [0.25, 0.3) is 0 Å². The van der Waals surface area contributed by atoms with Crippen molar-refractivity contribution in [3.8, 4) is 0 Å². The van der Waals surface area contributed by atoms with Crippen LogP contribution in [0.5, 0.6) is 0 Å². The van der Waals surface area contributed by atoms with Gasteiger partial charge in [0.2, 0.25) is 0 Å². The van der Waals surface area contributed by atoms with E-state index in [1.54, 1.807) is 18.2 Å². The number of Topliss-reactive ketones (excluding diaryl/α,β-unsaturated/α-hetero) is 1. The van der Waals surface area contributed by atoms with Crippen molar-refractivity contribution >= 4 is 23.4 Å². The summed E-state index contributed by atoms with van der Waals surface area (Å²) in [6, 6.07) is 5.01. The Hall–Kier alpha value is -1.35. The fraction of sp³-hybridized carbons (Fsp3) is 0.273. The highest BCUT2D eigenvalue weighted by Crippen LogP contribution is 2.27. The van der Waals surface area contributed by atoms with Crippen LogP contribution in [0.15, 0.2) is 18.2 Å². The van der Waals surface area contributed by atoms with Crippen LogP contribution in [0.3, 0.4) is 0 Å². The zero-order chi connectivity index (χ0) is 11.0. The van der Waals surface area contributed by atoms with Gasteiger partial charge in [0.05, 0.1) is 5.92 Å². The van der Waals surface area contributed by atoms with Crippen molar-refractivity contribution in [1.82, 2.24) is 0 Å². The van der Waals surface area contributed by atoms with Crippen LogP contribution < -0.4 is 0 Å². The first-order valence-corrected chi connectivity index (χ1v) is 5.00. The van der Waals surface area contributed by atoms with E-state index < -0.39 is 11.9 Å². The summed E-state index contributed by atoms with van der Waals surface area (Å²) in [6.45, 7) is 0. The van der Waals surface area contributed by atoms with Crippen molar-refractivity contribution in [2.24, 2.45) is 5.92 Å². The third-order valence-electron chi connectivity index (χ3n) is 2.62. The van der Waals surface area contributed by atoms with Gasteiger partial charge in [-0.05, 0) is 24.1 Å². The Balaban J connectivity index is 2.41. The van der Waals surface area contributed by atoms with Gasteiger partial charge in [0, 0.05) is 17.0 Å². The highest BCUT2D eigenvalue weighted by Gasteiger charge is 2.29. The third-order valence-corrected chi connectivity index (χ3v) is 2.85. The topological polar surface area (TPSA) is 54.4 Å². The van der Waals surface area contributed by atoms with Gasteiger partial charge >= 0.3 is 5.97 Å². The van der Waals surface area contributed by atoms with E-state index in [0.29, 0.717) is 17.0 Å². The van der Waals surface area contributed by atoms with E-state index in [2.05, 4.69) is 0 Å². The molecule has 0 aliphatic heterocycles. The first kappa shape index (κ1) is 10.2. The summed E-state index contributed by atoms with van der Waals surface area (Å²) >= 11 is 5.77. The molecule has 1 aliphatic rings. The smallest absolute Gasteiger partial charge is 0.307 e. The fourth-order valence-electron chi connectivity index (χ4n) is 1.83. The summed E-state index contributed by atoms with van der Waals surface area (Å²) in [4.78, 5) is 22.4. The summed E-state index contributed by atoms with van der Waals surface area (Å²) in [6.07, 6.45) is 0.482. The number of aliphatic carboxylic acids is 1. The number of benzene rings is 1. The second kappa shape index (κ2) is 3.66. The van der Waals surface area contributed by atoms with Crippen LogP contribution in [-0.4, -0.2) is 16.9 Å². The molecule has 1 unspecified atom stereocenters. The Morgan fingerprint density at radius 2 is 2.13 bits per heavy atom. The third kappa shape index (κ3) is 1.88. The van der Waals surface area contributed by atoms with Crippen molar-refractivity contribution in [1.29, 1.82) is 0 Å². The molecular formula is C11H9ClO3. The van der Waals surface area contributed by atoms with Crippen molar-refractivity contribution in [3.05, 3.63) is 34.3 Å². The molecule has 0 aromatic heterocycles. The van der Waals surface area contributed by atoms with Crippen molar-refractivity contribution in [2.45, 2.75) is 12.8 Å². The monoisotopic (exact) mass is 224 g/mol. The number of hydrogen-bond donors (Lipinski definition) is 1. The lowest BCUT2D eigenvalue weighted by Crippen LogP contribution is -2.26. The van der Waals surface area contributed by atoms with Crippen LogP contribution in [0.25, 0.3) is 0 Å². The lowest BCUT2D eigenvalue weighted by Gasteiger charge is -2.20. The molecule has 1 aromatic rings. The molecule has 15 heavy (non-hydrogen) atoms. The molecule has 0 heterocycles. The number of hydrogen-bond acceptors (Lipinski definition) is 2. The molecule has 0 bridgehead atoms. The van der Waals surface area contributed by atoms with Gasteiger partial charge in [-0.3, -0.25) is 9.59 Å². The van der Waals surface area contributed by atoms with Crippen LogP contribution >= 0.6 is 11.6 Å². The minimum Gasteiger partial charge on any atom is -0.481 e. The molecule has 0 spiro atoms. The van der Waals surface area contributed by atoms with E-state index in [-0.39, 0.29) is 12.2 Å². The molecule has 1 aromatic carbocycles. The van der Waals surface area contributed by atoms with Gasteiger partial charge in [0.15, 0.2) is 5.78 Å². The molecule has 0 fully saturated rings. The maximum absolute atomic E-state index is 11.6. The van der Waals surface area contributed by atoms with E-state index in [9.17, 15) is 9.59 Å². The van der Waals surface area contributed by atoms with Gasteiger partial charge in [0.1, 0.15) is 0 Å². The van der Waals surface area contributed by atoms with Gasteiger partial charge in [-0.25, -0.2) is 0 Å². The predicted octanol–water partition coefficient (Wildman–Crippen LogP) is 2.17. The number of carboxylic acids is 1. The number of ketones is 1. The Kier molecular flexibility index (Phi) is 2.49. The SMILES string of the molecule is O=C1CC(C(=O)O)Cc2ccc(Cl)cc21. The summed E-state index contributed by atoms with van der Waals surface area (Å²) in [5.74, 6) is -1.64. The Morgan fingerprint density at radius 1 is 1.40 bits per heavy atom. The molecule has 0 amide bonds. The van der Waals surface area contributed by atoms with E-state index in [1.165, 1.54) is 0 Å². The minimum absolute atomic E-state index is 0.0721. The van der Waals surface area contributed by atoms with Gasteiger partial charge < -0.3 is 5.11 Å². The Bertz CT molecular complexity index is 439. The maximum Gasteiger partial charge on any atom is 0.307 e. The Morgan fingerprint density at radius 3 is 2.80 bits per heavy atom. The number of carbonyl (C=O) groups is 2. The molecule has 2 rings (SSSR count). The van der Waals surface area contributed by atoms with Crippen LogP contribution in [0.1, 0.15) is 22.3 Å². The van der Waals surface area contributed by atoms with Crippen LogP contribution in [-0.2, 0) is 11.2 Å². The lowest BCUT2D eigenvalue weighted by atomic mass is 9.83. The second-order valence-corrected chi connectivity index (χ2v) is 4.10. The van der Waals surface area contributed by atoms with Gasteiger partial charge in [-0.1, -0.05) is 17.7 Å². The summed E-state index contributed by atoms with van der Waals surface area (Å²) in [5, 5.41) is 9.37. The molecule has 4 heteroatoms. The molecule has 1 aliphatic carbocycles. The second-order valence-electron chi connectivity index (χ2n) is 3.67. The number of carboxylic acid groups (broad SMARTS) is 1. The van der Waals surface area contributed by atoms with Gasteiger partial charge in [-0.15, -0.1) is 0 Å². The number of fused-ring (bicyclic) bond motifs is 1. The highest BCUT2D eigenvalue weighted by molar-refractivity contribution is 6.31. The first-order valence-electron chi connectivity index (χ1n) is 4.62. The largest absolute Gasteiger partial charge is 0.481 e. The zero-order valence-electron chi connectivity index (χ0n) is 7.87. The zero-order valence-corrected chi connectivity index (χ0v) is 8.62. The molecule has 0 radical (unpaired) electrons.